The fraction of sp³-hybridized carbons (Fsp3) is 0.0769. The molecule has 0 N–H and O–H groups in total. The molecule has 0 fully saturated rings. The number of hydrogen-bond acceptors (Lipinski definition) is 0. The van der Waals surface area contributed by atoms with Crippen molar-refractivity contribution in [3.63, 3.8) is 0 Å². The van der Waals surface area contributed by atoms with Crippen LogP contribution < -0.4 is 0 Å². The molecule has 0 nitrogen and oxygen atoms in total. The van der Waals surface area contributed by atoms with Crippen molar-refractivity contribution < 1.29 is 24.2 Å². The van der Waals surface area contributed by atoms with Gasteiger partial charge in [-0.25, -0.2) is 0 Å². The van der Waals surface area contributed by atoms with Crippen LogP contribution in [-0.4, -0.2) is 3.71 Å². The van der Waals surface area contributed by atoms with E-state index in [1.54, 1.807) is 0 Å². The summed E-state index contributed by atoms with van der Waals surface area (Å²) in [6, 6.07) is 27.1. The van der Waals surface area contributed by atoms with E-state index >= 15 is 0 Å². The van der Waals surface area contributed by atoms with Crippen molar-refractivity contribution in [3.05, 3.63) is 121 Å². The van der Waals surface area contributed by atoms with Crippen LogP contribution in [0.5, 0.6) is 0 Å². The van der Waals surface area contributed by atoms with Crippen molar-refractivity contribution in [1.82, 2.24) is 0 Å². The maximum absolute atomic E-state index is 3.61. The summed E-state index contributed by atoms with van der Waals surface area (Å²) in [6.45, 7) is 0. The molecule has 0 unspecified atom stereocenters. The molecule has 5 rings (SSSR count). The summed E-state index contributed by atoms with van der Waals surface area (Å²) in [5.41, 5.74) is 9.49. The molecule has 0 amide bonds. The van der Waals surface area contributed by atoms with Crippen LogP contribution >= 0.6 is 24.8 Å². The molecule has 146 valence electrons. The average Bonchev–Trinajstić information content (AvgIpc) is 3.36. The predicted molar refractivity (Wildman–Crippen MR) is 128 cm³/mol. The van der Waals surface area contributed by atoms with Crippen molar-refractivity contribution in [2.45, 2.75) is 12.8 Å². The normalized spacial score (nSPS) is 12.0. The van der Waals surface area contributed by atoms with Crippen LogP contribution in [0.25, 0.3) is 16.7 Å². The van der Waals surface area contributed by atoms with Gasteiger partial charge in [0.15, 0.2) is 0 Å². The summed E-state index contributed by atoms with van der Waals surface area (Å²) in [6.07, 6.45) is 8.60. The van der Waals surface area contributed by atoms with Gasteiger partial charge in [-0.2, -0.15) is 0 Å². The molecule has 0 saturated heterocycles. The molecule has 0 aliphatic heterocycles. The van der Waals surface area contributed by atoms with E-state index in [1.165, 1.54) is 63.2 Å². The van der Waals surface area contributed by atoms with Crippen molar-refractivity contribution in [2.24, 2.45) is 0 Å². The summed E-state index contributed by atoms with van der Waals surface area (Å²) in [4.78, 5) is 0. The van der Waals surface area contributed by atoms with E-state index in [0.29, 0.717) is 0 Å². The van der Waals surface area contributed by atoms with E-state index in [4.69, 9.17) is 0 Å². The second kappa shape index (κ2) is 12.2. The van der Waals surface area contributed by atoms with Crippen LogP contribution in [0, 0.1) is 13.5 Å². The Kier molecular flexibility index (Phi) is 10.8. The summed E-state index contributed by atoms with van der Waals surface area (Å²) in [5.74, 6) is 0. The Morgan fingerprint density at radius 3 is 2.21 bits per heavy atom. The van der Waals surface area contributed by atoms with Gasteiger partial charge in [-0.1, -0.05) is 47.5 Å². The maximum Gasteiger partial charge on any atom is -0.0195 e. The first-order valence-corrected chi connectivity index (χ1v) is 10.3. The molecule has 0 bridgehead atoms. The van der Waals surface area contributed by atoms with Crippen LogP contribution in [-0.2, 0) is 30.7 Å². The Hall–Kier alpha value is -1.53. The zero-order valence-electron chi connectivity index (χ0n) is 16.4. The number of rotatable bonds is 2. The van der Waals surface area contributed by atoms with Gasteiger partial charge < -0.3 is 7.43 Å². The third-order valence-electron chi connectivity index (χ3n) is 4.79. The van der Waals surface area contributed by atoms with E-state index in [-0.39, 0.29) is 32.2 Å². The molecule has 2 aliphatic rings. The Labute approximate surface area is 201 Å². The second-order valence-corrected chi connectivity index (χ2v) is 7.19. The summed E-state index contributed by atoms with van der Waals surface area (Å²) in [7, 11) is 0. The summed E-state index contributed by atoms with van der Waals surface area (Å²) >= 11 is 1.46. The van der Waals surface area contributed by atoms with E-state index in [0.717, 1.165) is 12.8 Å². The minimum atomic E-state index is 0. The van der Waals surface area contributed by atoms with Gasteiger partial charge in [-0.15, -0.1) is 65.8 Å². The first-order valence-electron chi connectivity index (χ1n) is 8.90. The second-order valence-electron chi connectivity index (χ2n) is 6.48. The Morgan fingerprint density at radius 2 is 1.55 bits per heavy atom. The number of allylic oxidation sites excluding steroid dienone is 4. The van der Waals surface area contributed by atoms with Gasteiger partial charge in [0.25, 0.3) is 0 Å². The van der Waals surface area contributed by atoms with Gasteiger partial charge in [-0.3, -0.25) is 0 Å². The van der Waals surface area contributed by atoms with Crippen molar-refractivity contribution in [2.75, 3.05) is 0 Å². The van der Waals surface area contributed by atoms with Crippen molar-refractivity contribution in [1.29, 1.82) is 0 Å². The van der Waals surface area contributed by atoms with Crippen molar-refractivity contribution >= 4 is 34.1 Å². The van der Waals surface area contributed by atoms with Gasteiger partial charge in [0.1, 0.15) is 0 Å². The Balaban J connectivity index is 0.000000332. The third kappa shape index (κ3) is 5.98. The monoisotopic (exact) mass is 496 g/mol. The van der Waals surface area contributed by atoms with Crippen LogP contribution in [0.4, 0.5) is 0 Å². The van der Waals surface area contributed by atoms with Crippen LogP contribution in [0.15, 0.2) is 85.0 Å². The largest absolute Gasteiger partial charge is 0.147 e. The quantitative estimate of drug-likeness (QED) is 0.259. The van der Waals surface area contributed by atoms with Crippen LogP contribution in [0.3, 0.4) is 0 Å². The molecule has 0 saturated carbocycles. The number of hydrogen-bond donors (Lipinski definition) is 0. The molecule has 2 aliphatic carbocycles. The molecule has 0 spiro atoms. The van der Waals surface area contributed by atoms with E-state index in [9.17, 15) is 0 Å². The van der Waals surface area contributed by atoms with Crippen LogP contribution in [0.1, 0.15) is 28.7 Å². The minimum absolute atomic E-state index is 0. The molecule has 29 heavy (non-hydrogen) atoms. The first-order chi connectivity index (χ1) is 12.8. The van der Waals surface area contributed by atoms with E-state index in [2.05, 4.69) is 88.7 Å². The molecule has 3 aromatic carbocycles. The molecule has 3 aromatic rings. The van der Waals surface area contributed by atoms with Crippen molar-refractivity contribution in [3.8, 4) is 11.1 Å². The predicted octanol–water partition coefficient (Wildman–Crippen LogP) is 7.08. The SMILES string of the molecule is Cl.Cl.[CH3-].[Zr+2]=[CH]c1ccccc1.[c-]1c(C2=CC=CC2)ccc2c1Cc1ccccc1-2. The number of benzene rings is 3. The summed E-state index contributed by atoms with van der Waals surface area (Å²) in [5, 5.41) is 0. The van der Waals surface area contributed by atoms with E-state index in [1.807, 2.05) is 6.07 Å². The standard InChI is InChI=1S/C18H13.C7H6.CH3.2ClH.Zr/c1-2-6-13(5-1)14-9-10-18-16(11-14)12-15-7-3-4-8-17(15)18;1-7-5-3-2-4-6-7;;;;/h1-5,7-10H,6,12H2;1-6H;1H3;2*1H;/q-1;;-1;;;+2. The topological polar surface area (TPSA) is 0 Å². The molecular formula is C26H24Cl2Zr. The van der Waals surface area contributed by atoms with Gasteiger partial charge in [0.2, 0.25) is 0 Å². The fourth-order valence-electron chi connectivity index (χ4n) is 3.44. The number of halogens is 2. The zero-order valence-corrected chi connectivity index (χ0v) is 20.5. The molecule has 3 heteroatoms. The fourth-order valence-corrected chi connectivity index (χ4v) is 3.91. The molecule has 0 atom stereocenters. The summed E-state index contributed by atoms with van der Waals surface area (Å²) < 4.78 is 2.17. The first kappa shape index (κ1) is 25.5. The molecule has 0 radical (unpaired) electrons. The zero-order chi connectivity index (χ0) is 17.8. The Bertz CT molecular complexity index is 1000. The smallest absolute Gasteiger partial charge is 0.0195 e. The molecule has 0 aromatic heterocycles. The average molecular weight is 499 g/mol. The Morgan fingerprint density at radius 1 is 0.828 bits per heavy atom. The van der Waals surface area contributed by atoms with E-state index < -0.39 is 0 Å². The van der Waals surface area contributed by atoms with Gasteiger partial charge in [-0.05, 0) is 18.4 Å². The number of fused-ring (bicyclic) bond motifs is 3. The molecule has 0 heterocycles. The van der Waals surface area contributed by atoms with Gasteiger partial charge in [0.05, 0.1) is 0 Å². The molecular weight excluding hydrogens is 474 g/mol. The third-order valence-corrected chi connectivity index (χ3v) is 5.60. The minimum Gasteiger partial charge on any atom is -0.147 e. The van der Waals surface area contributed by atoms with Gasteiger partial charge >= 0.3 is 63.8 Å². The maximum atomic E-state index is 3.61. The van der Waals surface area contributed by atoms with Crippen LogP contribution in [0.2, 0.25) is 0 Å². The van der Waals surface area contributed by atoms with Gasteiger partial charge in [0, 0.05) is 0 Å².